The van der Waals surface area contributed by atoms with E-state index in [1.807, 2.05) is 6.92 Å². The number of aliphatic hydroxyl groups excluding tert-OH is 1. The first-order valence-electron chi connectivity index (χ1n) is 7.51. The lowest BCUT2D eigenvalue weighted by molar-refractivity contribution is -0.542. The lowest BCUT2D eigenvalue weighted by Crippen LogP contribution is -2.61. The number of aliphatic imine (C=N–C) groups is 1. The van der Waals surface area contributed by atoms with Crippen molar-refractivity contribution in [2.24, 2.45) is 10.9 Å². The van der Waals surface area contributed by atoms with Crippen molar-refractivity contribution in [3.63, 3.8) is 0 Å². The van der Waals surface area contributed by atoms with E-state index in [-0.39, 0.29) is 18.0 Å². The number of rotatable bonds is 0. The van der Waals surface area contributed by atoms with Crippen LogP contribution in [0.1, 0.15) is 19.8 Å². The zero-order valence-corrected chi connectivity index (χ0v) is 13.1. The first kappa shape index (κ1) is 14.9. The molecule has 3 aliphatic heterocycles. The minimum atomic E-state index is -0.534. The fraction of sp³-hybridized carbons (Fsp3) is 0.600. The molecule has 22 heavy (non-hydrogen) atoms. The number of imide groups is 1. The molecule has 0 radical (unpaired) electrons. The maximum absolute atomic E-state index is 12.7. The second-order valence-corrected chi connectivity index (χ2v) is 6.07. The van der Waals surface area contributed by atoms with Gasteiger partial charge in [-0.3, -0.25) is 14.6 Å². The molecule has 0 aromatic heterocycles. The van der Waals surface area contributed by atoms with Gasteiger partial charge in [0.2, 0.25) is 5.71 Å². The van der Waals surface area contributed by atoms with Crippen molar-refractivity contribution in [1.29, 1.82) is 0 Å². The van der Waals surface area contributed by atoms with E-state index in [1.54, 1.807) is 13.2 Å². The van der Waals surface area contributed by atoms with Crippen LogP contribution in [-0.2, 0) is 4.79 Å². The number of hydrogen-bond acceptors (Lipinski definition) is 4. The molecule has 0 aromatic carbocycles. The van der Waals surface area contributed by atoms with Crippen molar-refractivity contribution in [2.45, 2.75) is 25.9 Å². The third-order valence-corrected chi connectivity index (χ3v) is 4.63. The van der Waals surface area contributed by atoms with E-state index in [2.05, 4.69) is 9.57 Å². The average Bonchev–Trinajstić information content (AvgIpc) is 2.51. The van der Waals surface area contributed by atoms with Gasteiger partial charge in [-0.25, -0.2) is 14.4 Å². The van der Waals surface area contributed by atoms with Crippen LogP contribution in [-0.4, -0.2) is 76.3 Å². The predicted octanol–water partition coefficient (Wildman–Crippen LogP) is 0.0505. The SMILES string of the molecule is CC1=CN=C2C(C(=O)N(C)C(=O)N2C)C1=[N+]1CCC(O)CC1. The minimum absolute atomic E-state index is 0.240. The fourth-order valence-corrected chi connectivity index (χ4v) is 3.31. The highest BCUT2D eigenvalue weighted by molar-refractivity contribution is 6.31. The normalized spacial score (nSPS) is 29.5. The third-order valence-electron chi connectivity index (χ3n) is 4.63. The van der Waals surface area contributed by atoms with Gasteiger partial charge in [0.1, 0.15) is 18.9 Å². The lowest BCUT2D eigenvalue weighted by atomic mass is 9.89. The maximum atomic E-state index is 12.7. The number of urea groups is 1. The van der Waals surface area contributed by atoms with Gasteiger partial charge in [0, 0.05) is 38.7 Å². The van der Waals surface area contributed by atoms with Gasteiger partial charge in [-0.05, 0) is 6.92 Å². The van der Waals surface area contributed by atoms with E-state index in [4.69, 9.17) is 0 Å². The molecule has 0 saturated carbocycles. The van der Waals surface area contributed by atoms with Crippen LogP contribution in [0.2, 0.25) is 0 Å². The van der Waals surface area contributed by atoms with Gasteiger partial charge in [0.05, 0.1) is 6.10 Å². The molecular weight excluding hydrogens is 284 g/mol. The van der Waals surface area contributed by atoms with Crippen molar-refractivity contribution in [3.8, 4) is 0 Å². The molecule has 0 aromatic rings. The standard InChI is InChI=1S/C15H21N4O3/c1-9-8-16-13-11(14(21)18(3)15(22)17(13)2)12(9)19-6-4-10(20)5-7-19/h8,10-11,20H,4-7H2,1-3H3/q+1. The van der Waals surface area contributed by atoms with Crippen LogP contribution in [0.25, 0.3) is 0 Å². The second-order valence-electron chi connectivity index (χ2n) is 6.07. The van der Waals surface area contributed by atoms with Crippen LogP contribution < -0.4 is 0 Å². The fourth-order valence-electron chi connectivity index (χ4n) is 3.31. The number of carbonyl (C=O) groups excluding carboxylic acids is 2. The number of hydrogen-bond donors (Lipinski definition) is 1. The summed E-state index contributed by atoms with van der Waals surface area (Å²) in [6.07, 6.45) is 2.82. The van der Waals surface area contributed by atoms with Crippen molar-refractivity contribution in [2.75, 3.05) is 27.2 Å². The molecule has 0 spiro atoms. The number of nitrogens with zero attached hydrogens (tertiary/aromatic N) is 4. The van der Waals surface area contributed by atoms with Gasteiger partial charge in [-0.15, -0.1) is 0 Å². The van der Waals surface area contributed by atoms with E-state index in [9.17, 15) is 14.7 Å². The predicted molar refractivity (Wildman–Crippen MR) is 80.9 cm³/mol. The van der Waals surface area contributed by atoms with Crippen molar-refractivity contribution >= 4 is 23.5 Å². The average molecular weight is 305 g/mol. The number of carbonyl (C=O) groups is 2. The van der Waals surface area contributed by atoms with Gasteiger partial charge in [-0.2, -0.15) is 0 Å². The molecule has 1 atom stereocenters. The molecule has 3 rings (SSSR count). The number of allylic oxidation sites excluding steroid dienone is 1. The van der Waals surface area contributed by atoms with Gasteiger partial charge in [-0.1, -0.05) is 0 Å². The Labute approximate surface area is 129 Å². The monoisotopic (exact) mass is 305 g/mol. The Morgan fingerprint density at radius 3 is 2.50 bits per heavy atom. The summed E-state index contributed by atoms with van der Waals surface area (Å²) in [6, 6.07) is -0.360. The van der Waals surface area contributed by atoms with Gasteiger partial charge < -0.3 is 5.11 Å². The summed E-state index contributed by atoms with van der Waals surface area (Å²) in [7, 11) is 3.15. The first-order valence-corrected chi connectivity index (χ1v) is 7.51. The van der Waals surface area contributed by atoms with Gasteiger partial charge in [0.25, 0.3) is 5.91 Å². The largest absolute Gasteiger partial charge is 0.393 e. The highest BCUT2D eigenvalue weighted by atomic mass is 16.3. The van der Waals surface area contributed by atoms with Crippen LogP contribution in [0.5, 0.6) is 0 Å². The Kier molecular flexibility index (Phi) is 3.60. The van der Waals surface area contributed by atoms with E-state index in [1.165, 1.54) is 11.9 Å². The second kappa shape index (κ2) is 5.31. The Morgan fingerprint density at radius 2 is 1.86 bits per heavy atom. The number of amidine groups is 1. The summed E-state index contributed by atoms with van der Waals surface area (Å²) in [5.74, 6) is -0.289. The number of piperidine rings is 1. The molecule has 7 nitrogen and oxygen atoms in total. The summed E-state index contributed by atoms with van der Waals surface area (Å²) in [4.78, 5) is 31.6. The van der Waals surface area contributed by atoms with Crippen molar-refractivity contribution < 1.29 is 19.3 Å². The Hall–Kier alpha value is -2.02. The number of fused-ring (bicyclic) bond motifs is 1. The first-order chi connectivity index (χ1) is 10.4. The summed E-state index contributed by atoms with van der Waals surface area (Å²) < 4.78 is 2.15. The van der Waals surface area contributed by atoms with Crippen LogP contribution in [0, 0.1) is 5.92 Å². The minimum Gasteiger partial charge on any atom is -0.393 e. The molecule has 3 heterocycles. The van der Waals surface area contributed by atoms with E-state index in [0.29, 0.717) is 31.8 Å². The van der Waals surface area contributed by atoms with Gasteiger partial charge >= 0.3 is 6.03 Å². The van der Waals surface area contributed by atoms with Crippen molar-refractivity contribution in [3.05, 3.63) is 11.8 Å². The van der Waals surface area contributed by atoms with Crippen LogP contribution >= 0.6 is 0 Å². The Bertz CT molecular complexity index is 625. The van der Waals surface area contributed by atoms with Crippen LogP contribution in [0.15, 0.2) is 16.8 Å². The molecule has 2 saturated heterocycles. The molecule has 2 fully saturated rings. The molecule has 0 bridgehead atoms. The quantitative estimate of drug-likeness (QED) is 0.643. The molecule has 1 unspecified atom stereocenters. The smallest absolute Gasteiger partial charge is 0.331 e. The van der Waals surface area contributed by atoms with Crippen molar-refractivity contribution in [1.82, 2.24) is 9.80 Å². The maximum Gasteiger partial charge on any atom is 0.331 e. The summed E-state index contributed by atoms with van der Waals surface area (Å²) in [5, 5.41) is 9.69. The van der Waals surface area contributed by atoms with E-state index in [0.717, 1.165) is 16.2 Å². The molecule has 3 aliphatic rings. The lowest BCUT2D eigenvalue weighted by Gasteiger charge is -2.37. The van der Waals surface area contributed by atoms with E-state index < -0.39 is 5.92 Å². The summed E-state index contributed by atoms with van der Waals surface area (Å²) in [6.45, 7) is 3.35. The molecule has 7 heteroatoms. The Morgan fingerprint density at radius 1 is 1.23 bits per heavy atom. The topological polar surface area (TPSA) is 76.2 Å². The zero-order valence-electron chi connectivity index (χ0n) is 13.1. The highest BCUT2D eigenvalue weighted by Crippen LogP contribution is 2.26. The molecule has 118 valence electrons. The Balaban J connectivity index is 2.07. The molecule has 1 N–H and O–H groups in total. The van der Waals surface area contributed by atoms with Gasteiger partial charge in [0.15, 0.2) is 5.92 Å². The third kappa shape index (κ3) is 2.16. The highest BCUT2D eigenvalue weighted by Gasteiger charge is 2.49. The van der Waals surface area contributed by atoms with Crippen LogP contribution in [0.3, 0.4) is 0 Å². The zero-order chi connectivity index (χ0) is 16.0. The summed E-state index contributed by atoms with van der Waals surface area (Å²) in [5.41, 5.74) is 1.85. The number of aliphatic hydroxyl groups is 1. The van der Waals surface area contributed by atoms with E-state index >= 15 is 0 Å². The molecular formula is C15H21N4O3+. The van der Waals surface area contributed by atoms with Crippen LogP contribution in [0.4, 0.5) is 4.79 Å². The summed E-state index contributed by atoms with van der Waals surface area (Å²) >= 11 is 0. The molecule has 0 aliphatic carbocycles. The number of amides is 3. The molecule has 3 amide bonds.